The second-order valence-electron chi connectivity index (χ2n) is 8.09. The number of carbonyl (C=O) groups excluding carboxylic acids is 1. The number of aromatic nitrogens is 2. The molecule has 0 bridgehead atoms. The molecule has 3 N–H and O–H groups in total. The zero-order chi connectivity index (χ0) is 20.9. The summed E-state index contributed by atoms with van der Waals surface area (Å²) in [6.45, 7) is 1.85. The van der Waals surface area contributed by atoms with Crippen molar-refractivity contribution in [1.82, 2.24) is 15.3 Å². The molecule has 9 heteroatoms. The van der Waals surface area contributed by atoms with Crippen LogP contribution in [0.4, 0.5) is 0 Å². The minimum absolute atomic E-state index is 0.0260. The van der Waals surface area contributed by atoms with Gasteiger partial charge in [0.25, 0.3) is 5.91 Å². The van der Waals surface area contributed by atoms with Crippen LogP contribution in [0.3, 0.4) is 0 Å². The van der Waals surface area contributed by atoms with Gasteiger partial charge in [0.2, 0.25) is 0 Å². The Kier molecular flexibility index (Phi) is 4.97. The van der Waals surface area contributed by atoms with E-state index in [9.17, 15) is 4.79 Å². The fourth-order valence-electron chi connectivity index (χ4n) is 4.77. The minimum atomic E-state index is -0.427. The van der Waals surface area contributed by atoms with Gasteiger partial charge in [0.05, 0.1) is 11.9 Å². The number of amidine groups is 1. The summed E-state index contributed by atoms with van der Waals surface area (Å²) >= 11 is 5.18. The van der Waals surface area contributed by atoms with Crippen molar-refractivity contribution in [1.29, 1.82) is 0 Å². The van der Waals surface area contributed by atoms with Gasteiger partial charge < -0.3 is 15.8 Å². The lowest BCUT2D eigenvalue weighted by molar-refractivity contribution is 0.0155. The van der Waals surface area contributed by atoms with Gasteiger partial charge in [-0.2, -0.15) is 0 Å². The quantitative estimate of drug-likeness (QED) is 0.674. The molecule has 1 aromatic carbocycles. The van der Waals surface area contributed by atoms with Gasteiger partial charge in [0.1, 0.15) is 23.1 Å². The number of hydrogen-bond donors (Lipinski definition) is 2. The lowest BCUT2D eigenvalue weighted by atomic mass is 9.67. The first-order valence-electron chi connectivity index (χ1n) is 9.99. The van der Waals surface area contributed by atoms with Gasteiger partial charge in [-0.1, -0.05) is 27.7 Å². The number of nitrogens with zero attached hydrogens (tertiary/aromatic N) is 3. The SMILES string of the molecule is Cc1cnc(C(=O)NC2CC[C@@H]3Oc4ccc(Br)cc4C4(CSC(N)=N4)[C@H]3C2)cn1. The number of benzene rings is 1. The third-order valence-electron chi connectivity index (χ3n) is 6.19. The first-order valence-corrected chi connectivity index (χ1v) is 11.8. The molecule has 4 atom stereocenters. The van der Waals surface area contributed by atoms with Crippen LogP contribution < -0.4 is 15.8 Å². The number of fused-ring (bicyclic) bond motifs is 4. The second-order valence-corrected chi connectivity index (χ2v) is 10.0. The first-order chi connectivity index (χ1) is 14.4. The predicted octanol–water partition coefficient (Wildman–Crippen LogP) is 3.16. The Labute approximate surface area is 187 Å². The fraction of sp³-hybridized carbons (Fsp3) is 0.429. The largest absolute Gasteiger partial charge is 0.490 e. The lowest BCUT2D eigenvalue weighted by Gasteiger charge is -2.48. The average Bonchev–Trinajstić information content (AvgIpc) is 3.12. The number of halogens is 1. The van der Waals surface area contributed by atoms with Crippen molar-refractivity contribution in [2.75, 3.05) is 5.75 Å². The third kappa shape index (κ3) is 3.37. The van der Waals surface area contributed by atoms with Crippen LogP contribution in [-0.2, 0) is 5.54 Å². The van der Waals surface area contributed by atoms with E-state index in [-0.39, 0.29) is 24.0 Å². The summed E-state index contributed by atoms with van der Waals surface area (Å²) < 4.78 is 7.38. The van der Waals surface area contributed by atoms with Crippen LogP contribution in [0.25, 0.3) is 0 Å². The van der Waals surface area contributed by atoms with Gasteiger partial charge in [0, 0.05) is 33.9 Å². The van der Waals surface area contributed by atoms with E-state index in [4.69, 9.17) is 15.5 Å². The van der Waals surface area contributed by atoms with Gasteiger partial charge in [-0.25, -0.2) is 9.98 Å². The van der Waals surface area contributed by atoms with E-state index >= 15 is 0 Å². The Hall–Kier alpha value is -2.13. The number of hydrogen-bond acceptors (Lipinski definition) is 7. The topological polar surface area (TPSA) is 102 Å². The minimum Gasteiger partial charge on any atom is -0.490 e. The molecule has 7 nitrogen and oxygen atoms in total. The molecular weight excluding hydrogens is 466 g/mol. The summed E-state index contributed by atoms with van der Waals surface area (Å²) in [5.74, 6) is 1.62. The molecule has 2 aromatic rings. The van der Waals surface area contributed by atoms with Crippen molar-refractivity contribution in [2.45, 2.75) is 43.9 Å². The molecule has 1 aliphatic carbocycles. The summed E-state index contributed by atoms with van der Waals surface area (Å²) in [6, 6.07) is 6.13. The number of carbonyl (C=O) groups is 1. The van der Waals surface area contributed by atoms with Gasteiger partial charge in [0.15, 0.2) is 5.17 Å². The van der Waals surface area contributed by atoms with Gasteiger partial charge in [-0.05, 0) is 44.4 Å². The molecule has 3 heterocycles. The van der Waals surface area contributed by atoms with Crippen LogP contribution in [0.2, 0.25) is 0 Å². The van der Waals surface area contributed by atoms with Crippen molar-refractivity contribution < 1.29 is 9.53 Å². The smallest absolute Gasteiger partial charge is 0.271 e. The maximum Gasteiger partial charge on any atom is 0.271 e. The molecular formula is C21H22BrN5O2S. The summed E-state index contributed by atoms with van der Waals surface area (Å²) in [7, 11) is 0. The monoisotopic (exact) mass is 487 g/mol. The number of thioether (sulfide) groups is 1. The van der Waals surface area contributed by atoms with E-state index in [2.05, 4.69) is 37.3 Å². The highest BCUT2D eigenvalue weighted by atomic mass is 79.9. The molecule has 156 valence electrons. The van der Waals surface area contributed by atoms with Crippen molar-refractivity contribution in [3.63, 3.8) is 0 Å². The molecule has 30 heavy (non-hydrogen) atoms. The van der Waals surface area contributed by atoms with Crippen LogP contribution in [-0.4, -0.2) is 38.9 Å². The zero-order valence-electron chi connectivity index (χ0n) is 16.5. The highest BCUT2D eigenvalue weighted by molar-refractivity contribution is 9.10. The van der Waals surface area contributed by atoms with Crippen LogP contribution in [0.1, 0.15) is 41.0 Å². The Balaban J connectivity index is 1.43. The van der Waals surface area contributed by atoms with Crippen LogP contribution in [0, 0.1) is 12.8 Å². The molecule has 0 radical (unpaired) electrons. The molecule has 1 fully saturated rings. The maximum atomic E-state index is 12.7. The number of ether oxygens (including phenoxy) is 1. The van der Waals surface area contributed by atoms with E-state index in [1.165, 1.54) is 6.20 Å². The molecule has 1 saturated carbocycles. The van der Waals surface area contributed by atoms with Crippen LogP contribution >= 0.6 is 27.7 Å². The average molecular weight is 488 g/mol. The standard InChI is InChI=1S/C21H22BrN5O2S/c1-11-8-25-16(9-24-11)19(28)26-13-3-5-18-15(7-13)21(10-30-20(23)27-21)14-6-12(22)2-4-17(14)29-18/h2,4,6,8-9,13,15,18H,3,5,7,10H2,1H3,(H2,23,27)(H,26,28)/t13?,15-,18-,21?/m0/s1. The number of aliphatic imine (C=N–C) groups is 1. The van der Waals surface area contributed by atoms with Crippen LogP contribution in [0.5, 0.6) is 5.75 Å². The normalized spacial score (nSPS) is 29.5. The summed E-state index contributed by atoms with van der Waals surface area (Å²) in [4.78, 5) is 26.0. The Bertz CT molecular complexity index is 1030. The number of nitrogens with one attached hydrogen (secondary N) is 1. The number of rotatable bonds is 2. The second kappa shape index (κ2) is 7.53. The van der Waals surface area contributed by atoms with Crippen LogP contribution in [0.15, 0.2) is 40.1 Å². The molecule has 1 amide bonds. The van der Waals surface area contributed by atoms with E-state index in [1.54, 1.807) is 18.0 Å². The summed E-state index contributed by atoms with van der Waals surface area (Å²) in [6.07, 6.45) is 5.67. The van der Waals surface area contributed by atoms with Crippen molar-refractivity contribution in [3.8, 4) is 5.75 Å². The van der Waals surface area contributed by atoms with Crippen molar-refractivity contribution in [2.24, 2.45) is 16.6 Å². The number of amides is 1. The number of nitrogens with two attached hydrogens (primary N) is 1. The Morgan fingerprint density at radius 3 is 2.93 bits per heavy atom. The first kappa shape index (κ1) is 19.8. The third-order valence-corrected chi connectivity index (χ3v) is 7.65. The van der Waals surface area contributed by atoms with Crippen molar-refractivity contribution >= 4 is 38.8 Å². The molecule has 5 rings (SSSR count). The summed E-state index contributed by atoms with van der Waals surface area (Å²) in [5, 5.41) is 3.76. The van der Waals surface area contributed by atoms with Gasteiger partial charge in [-0.15, -0.1) is 0 Å². The predicted molar refractivity (Wildman–Crippen MR) is 120 cm³/mol. The lowest BCUT2D eigenvalue weighted by Crippen LogP contribution is -2.54. The zero-order valence-corrected chi connectivity index (χ0v) is 18.9. The van der Waals surface area contributed by atoms with Crippen molar-refractivity contribution in [3.05, 3.63) is 52.0 Å². The molecule has 1 aromatic heterocycles. The highest BCUT2D eigenvalue weighted by Gasteiger charge is 2.54. The van der Waals surface area contributed by atoms with E-state index in [0.717, 1.165) is 46.5 Å². The summed E-state index contributed by atoms with van der Waals surface area (Å²) in [5.41, 5.74) is 7.90. The fourth-order valence-corrected chi connectivity index (χ4v) is 6.16. The maximum absolute atomic E-state index is 12.7. The number of aryl methyl sites for hydroxylation is 1. The molecule has 1 spiro atoms. The molecule has 2 aliphatic heterocycles. The molecule has 2 unspecified atom stereocenters. The van der Waals surface area contributed by atoms with Gasteiger partial charge >= 0.3 is 0 Å². The van der Waals surface area contributed by atoms with Gasteiger partial charge in [-0.3, -0.25) is 9.78 Å². The van der Waals surface area contributed by atoms with E-state index < -0.39 is 5.54 Å². The Morgan fingerprint density at radius 1 is 1.33 bits per heavy atom. The highest BCUT2D eigenvalue weighted by Crippen LogP contribution is 2.54. The van der Waals surface area contributed by atoms with E-state index in [1.807, 2.05) is 19.1 Å². The molecule has 3 aliphatic rings. The molecule has 0 saturated heterocycles. The Morgan fingerprint density at radius 2 is 2.20 bits per heavy atom. The van der Waals surface area contributed by atoms with E-state index in [0.29, 0.717) is 10.9 Å².